The van der Waals surface area contributed by atoms with Crippen molar-refractivity contribution in [2.75, 3.05) is 13.7 Å². The van der Waals surface area contributed by atoms with Gasteiger partial charge in [-0.25, -0.2) is 4.79 Å². The van der Waals surface area contributed by atoms with Gasteiger partial charge in [-0.15, -0.1) is 0 Å². The maximum absolute atomic E-state index is 11.8. The van der Waals surface area contributed by atoms with Crippen molar-refractivity contribution >= 4 is 6.03 Å². The summed E-state index contributed by atoms with van der Waals surface area (Å²) < 4.78 is 10.4. The van der Waals surface area contributed by atoms with Gasteiger partial charge in [-0.05, 0) is 49.6 Å². The Hall–Kier alpha value is -2.43. The molecule has 118 valence electrons. The lowest BCUT2D eigenvalue weighted by molar-refractivity contribution is 0.236. The fraction of sp³-hybridized carbons (Fsp3) is 0.353. The Morgan fingerprint density at radius 1 is 1.32 bits per heavy atom. The maximum atomic E-state index is 11.8. The van der Waals surface area contributed by atoms with Crippen molar-refractivity contribution in [3.8, 4) is 5.75 Å². The normalized spacial score (nSPS) is 11.7. The second-order valence-corrected chi connectivity index (χ2v) is 5.09. The molecule has 2 rings (SSSR count). The highest BCUT2D eigenvalue weighted by atomic mass is 16.5. The predicted octanol–water partition coefficient (Wildman–Crippen LogP) is 3.28. The fourth-order valence-electron chi connectivity index (χ4n) is 2.18. The molecule has 5 nitrogen and oxygen atoms in total. The number of hydrogen-bond acceptors (Lipinski definition) is 3. The van der Waals surface area contributed by atoms with Crippen LogP contribution in [0.1, 0.15) is 30.7 Å². The quantitative estimate of drug-likeness (QED) is 0.771. The summed E-state index contributed by atoms with van der Waals surface area (Å²) in [4.78, 5) is 11.8. The number of amides is 2. The van der Waals surface area contributed by atoms with Gasteiger partial charge in [0.25, 0.3) is 0 Å². The first-order valence-electron chi connectivity index (χ1n) is 7.39. The number of methoxy groups -OCH3 is 1. The number of carbonyl (C=O) groups excluding carboxylic acids is 1. The fourth-order valence-corrected chi connectivity index (χ4v) is 2.18. The summed E-state index contributed by atoms with van der Waals surface area (Å²) in [5.74, 6) is 1.60. The summed E-state index contributed by atoms with van der Waals surface area (Å²) >= 11 is 0. The van der Waals surface area contributed by atoms with E-state index < -0.39 is 0 Å². The summed E-state index contributed by atoms with van der Waals surface area (Å²) in [6, 6.07) is 11.3. The zero-order valence-electron chi connectivity index (χ0n) is 13.0. The first-order chi connectivity index (χ1) is 10.7. The molecule has 0 aliphatic rings. The number of urea groups is 1. The van der Waals surface area contributed by atoms with Gasteiger partial charge in [0.05, 0.1) is 19.4 Å². The van der Waals surface area contributed by atoms with Crippen LogP contribution in [0.15, 0.2) is 47.1 Å². The summed E-state index contributed by atoms with van der Waals surface area (Å²) in [6.07, 6.45) is 3.36. The van der Waals surface area contributed by atoms with Crippen LogP contribution < -0.4 is 15.4 Å². The molecule has 0 fully saturated rings. The highest BCUT2D eigenvalue weighted by Gasteiger charge is 2.10. The number of benzene rings is 1. The number of ether oxygens (including phenoxy) is 1. The molecular weight excluding hydrogens is 280 g/mol. The van der Waals surface area contributed by atoms with Crippen LogP contribution in [0.2, 0.25) is 0 Å². The van der Waals surface area contributed by atoms with Gasteiger partial charge in [-0.2, -0.15) is 0 Å². The molecule has 0 saturated heterocycles. The number of rotatable bonds is 7. The van der Waals surface area contributed by atoms with E-state index in [9.17, 15) is 4.79 Å². The minimum atomic E-state index is -0.186. The zero-order valence-corrected chi connectivity index (χ0v) is 13.0. The van der Waals surface area contributed by atoms with Gasteiger partial charge in [0.15, 0.2) is 0 Å². The molecule has 0 aliphatic carbocycles. The number of furan rings is 1. The SMILES string of the molecule is COc1cccc(CCCNC(=O)NC(C)c2ccco2)c1. The summed E-state index contributed by atoms with van der Waals surface area (Å²) in [6.45, 7) is 2.50. The van der Waals surface area contributed by atoms with E-state index in [0.717, 1.165) is 24.4 Å². The molecule has 22 heavy (non-hydrogen) atoms. The van der Waals surface area contributed by atoms with Crippen LogP contribution in [0.25, 0.3) is 0 Å². The molecule has 1 atom stereocenters. The van der Waals surface area contributed by atoms with Crippen molar-refractivity contribution in [2.45, 2.75) is 25.8 Å². The van der Waals surface area contributed by atoms with Crippen molar-refractivity contribution in [1.29, 1.82) is 0 Å². The third-order valence-corrected chi connectivity index (χ3v) is 3.38. The first-order valence-corrected chi connectivity index (χ1v) is 7.39. The molecule has 0 saturated carbocycles. The monoisotopic (exact) mass is 302 g/mol. The van der Waals surface area contributed by atoms with Gasteiger partial charge in [0.2, 0.25) is 0 Å². The molecule has 2 amide bonds. The molecule has 5 heteroatoms. The molecule has 1 aromatic heterocycles. The molecule has 0 aliphatic heterocycles. The van der Waals surface area contributed by atoms with Gasteiger partial charge < -0.3 is 19.8 Å². The van der Waals surface area contributed by atoms with Gasteiger partial charge in [-0.1, -0.05) is 12.1 Å². The van der Waals surface area contributed by atoms with Crippen LogP contribution in [0.5, 0.6) is 5.75 Å². The van der Waals surface area contributed by atoms with Crippen molar-refractivity contribution in [3.05, 3.63) is 54.0 Å². The van der Waals surface area contributed by atoms with E-state index in [1.54, 1.807) is 19.4 Å². The summed E-state index contributed by atoms with van der Waals surface area (Å²) in [5, 5.41) is 5.69. The smallest absolute Gasteiger partial charge is 0.315 e. The van der Waals surface area contributed by atoms with Gasteiger partial charge in [-0.3, -0.25) is 0 Å². The lowest BCUT2D eigenvalue weighted by Gasteiger charge is -2.12. The molecule has 2 N–H and O–H groups in total. The van der Waals surface area contributed by atoms with Gasteiger partial charge in [0, 0.05) is 6.54 Å². The molecule has 0 bridgehead atoms. The van der Waals surface area contributed by atoms with Crippen molar-refractivity contribution in [2.24, 2.45) is 0 Å². The topological polar surface area (TPSA) is 63.5 Å². The van der Waals surface area contributed by atoms with E-state index in [4.69, 9.17) is 9.15 Å². The molecule has 0 radical (unpaired) electrons. The van der Waals surface area contributed by atoms with E-state index in [1.165, 1.54) is 5.56 Å². The van der Waals surface area contributed by atoms with Crippen LogP contribution in [0.4, 0.5) is 4.79 Å². The Morgan fingerprint density at radius 2 is 2.18 bits per heavy atom. The van der Waals surface area contributed by atoms with Gasteiger partial charge in [0.1, 0.15) is 11.5 Å². The maximum Gasteiger partial charge on any atom is 0.315 e. The Balaban J connectivity index is 1.66. The van der Waals surface area contributed by atoms with E-state index in [2.05, 4.69) is 16.7 Å². The van der Waals surface area contributed by atoms with Crippen LogP contribution in [-0.2, 0) is 6.42 Å². The third kappa shape index (κ3) is 4.84. The summed E-state index contributed by atoms with van der Waals surface area (Å²) in [7, 11) is 1.66. The third-order valence-electron chi connectivity index (χ3n) is 3.38. The molecule has 0 spiro atoms. The molecule has 1 unspecified atom stereocenters. The lowest BCUT2D eigenvalue weighted by Crippen LogP contribution is -2.37. The second-order valence-electron chi connectivity index (χ2n) is 5.09. The van der Waals surface area contributed by atoms with Crippen LogP contribution in [0.3, 0.4) is 0 Å². The van der Waals surface area contributed by atoms with Crippen LogP contribution in [0, 0.1) is 0 Å². The van der Waals surface area contributed by atoms with Gasteiger partial charge >= 0.3 is 6.03 Å². The number of carbonyl (C=O) groups is 1. The molecule has 2 aromatic rings. The lowest BCUT2D eigenvalue weighted by atomic mass is 10.1. The van der Waals surface area contributed by atoms with E-state index in [1.807, 2.05) is 31.2 Å². The Labute approximate surface area is 130 Å². The predicted molar refractivity (Wildman–Crippen MR) is 85.0 cm³/mol. The van der Waals surface area contributed by atoms with E-state index >= 15 is 0 Å². The molecular formula is C17H22N2O3. The number of nitrogens with one attached hydrogen (secondary N) is 2. The average Bonchev–Trinajstić information content (AvgIpc) is 3.06. The standard InChI is InChI=1S/C17H22N2O3/c1-13(16-9-5-11-22-16)19-17(20)18-10-4-7-14-6-3-8-15(12-14)21-2/h3,5-6,8-9,11-13H,4,7,10H2,1-2H3,(H2,18,19,20). The largest absolute Gasteiger partial charge is 0.497 e. The molecule has 1 heterocycles. The van der Waals surface area contributed by atoms with Crippen LogP contribution in [-0.4, -0.2) is 19.7 Å². The van der Waals surface area contributed by atoms with Crippen molar-refractivity contribution in [1.82, 2.24) is 10.6 Å². The van der Waals surface area contributed by atoms with E-state index in [0.29, 0.717) is 6.54 Å². The Bertz CT molecular complexity index is 581. The first kappa shape index (κ1) is 15.9. The number of hydrogen-bond donors (Lipinski definition) is 2. The minimum Gasteiger partial charge on any atom is -0.497 e. The van der Waals surface area contributed by atoms with Crippen molar-refractivity contribution in [3.63, 3.8) is 0 Å². The summed E-state index contributed by atoms with van der Waals surface area (Å²) in [5.41, 5.74) is 1.20. The van der Waals surface area contributed by atoms with E-state index in [-0.39, 0.29) is 12.1 Å². The van der Waals surface area contributed by atoms with Crippen LogP contribution >= 0.6 is 0 Å². The zero-order chi connectivity index (χ0) is 15.8. The Morgan fingerprint density at radius 3 is 2.91 bits per heavy atom. The highest BCUT2D eigenvalue weighted by Crippen LogP contribution is 2.14. The highest BCUT2D eigenvalue weighted by molar-refractivity contribution is 5.74. The second kappa shape index (κ2) is 8.12. The molecule has 1 aromatic carbocycles. The Kier molecular flexibility index (Phi) is 5.89. The van der Waals surface area contributed by atoms with Crippen molar-refractivity contribution < 1.29 is 13.9 Å². The average molecular weight is 302 g/mol. The number of aryl methyl sites for hydroxylation is 1. The minimum absolute atomic E-state index is 0.145.